The van der Waals surface area contributed by atoms with Crippen LogP contribution in [0.4, 0.5) is 5.69 Å². The number of nitro groups is 1. The van der Waals surface area contributed by atoms with Gasteiger partial charge in [-0.3, -0.25) is 10.1 Å². The molecule has 1 aliphatic rings. The lowest BCUT2D eigenvalue weighted by atomic mass is 9.97. The molecule has 0 bridgehead atoms. The highest BCUT2D eigenvalue weighted by atomic mass is 16.6. The number of hydrogen-bond donors (Lipinski definition) is 0. The Balaban J connectivity index is 2.50. The largest absolute Gasteiger partial charge is 0.270 e. The minimum atomic E-state index is -0.382. The van der Waals surface area contributed by atoms with Crippen LogP contribution in [0.1, 0.15) is 11.1 Å². The predicted octanol–water partition coefficient (Wildman–Crippen LogP) is 2.08. The summed E-state index contributed by atoms with van der Waals surface area (Å²) in [6.45, 7) is 0. The summed E-state index contributed by atoms with van der Waals surface area (Å²) in [7, 11) is 0. The Hall–Kier alpha value is -1.64. The minimum Gasteiger partial charge on any atom is -0.258 e. The molecule has 1 aromatic rings. The number of nitro benzene ring substituents is 1. The van der Waals surface area contributed by atoms with Gasteiger partial charge in [-0.25, -0.2) is 0 Å². The first-order chi connectivity index (χ1) is 5.27. The molecule has 0 heterocycles. The van der Waals surface area contributed by atoms with Gasteiger partial charge in [-0.15, -0.1) is 0 Å². The first-order valence-corrected chi connectivity index (χ1v) is 3.24. The highest BCUT2D eigenvalue weighted by Crippen LogP contribution is 2.26. The smallest absolute Gasteiger partial charge is 0.258 e. The van der Waals surface area contributed by atoms with Crippen LogP contribution in [0.15, 0.2) is 18.2 Å². The summed E-state index contributed by atoms with van der Waals surface area (Å²) in [6.07, 6.45) is 3.79. The SMILES string of the molecule is O=[N+]([O-])c1ccc2c(c1)C=C2. The van der Waals surface area contributed by atoms with Gasteiger partial charge >= 0.3 is 0 Å². The maximum absolute atomic E-state index is 10.3. The number of hydrogen-bond acceptors (Lipinski definition) is 2. The summed E-state index contributed by atoms with van der Waals surface area (Å²) in [5, 5.41) is 10.3. The zero-order chi connectivity index (χ0) is 7.84. The van der Waals surface area contributed by atoms with Gasteiger partial charge in [0.2, 0.25) is 0 Å². The lowest BCUT2D eigenvalue weighted by Gasteiger charge is -2.07. The Morgan fingerprint density at radius 1 is 1.18 bits per heavy atom. The van der Waals surface area contributed by atoms with Crippen molar-refractivity contribution < 1.29 is 4.92 Å². The van der Waals surface area contributed by atoms with Crippen LogP contribution in [-0.4, -0.2) is 4.92 Å². The lowest BCUT2D eigenvalue weighted by Crippen LogP contribution is -1.93. The quantitative estimate of drug-likeness (QED) is 0.457. The summed E-state index contributed by atoms with van der Waals surface area (Å²) in [5.74, 6) is 0. The van der Waals surface area contributed by atoms with Gasteiger partial charge in [-0.2, -0.15) is 0 Å². The summed E-state index contributed by atoms with van der Waals surface area (Å²) in [4.78, 5) is 9.89. The fourth-order valence-electron chi connectivity index (χ4n) is 1.06. The third-order valence-electron chi connectivity index (χ3n) is 1.72. The van der Waals surface area contributed by atoms with Gasteiger partial charge in [0.15, 0.2) is 0 Å². The second-order valence-electron chi connectivity index (χ2n) is 2.40. The van der Waals surface area contributed by atoms with Crippen LogP contribution in [0.5, 0.6) is 0 Å². The van der Waals surface area contributed by atoms with Gasteiger partial charge in [0.25, 0.3) is 5.69 Å². The number of nitrogens with zero attached hydrogens (tertiary/aromatic N) is 1. The van der Waals surface area contributed by atoms with E-state index >= 15 is 0 Å². The van der Waals surface area contributed by atoms with Gasteiger partial charge in [0.05, 0.1) is 4.92 Å². The van der Waals surface area contributed by atoms with Crippen molar-refractivity contribution in [1.29, 1.82) is 0 Å². The van der Waals surface area contributed by atoms with E-state index in [0.29, 0.717) is 0 Å². The molecule has 0 unspecified atom stereocenters. The van der Waals surface area contributed by atoms with Crippen molar-refractivity contribution in [3.05, 3.63) is 39.4 Å². The Morgan fingerprint density at radius 3 is 2.36 bits per heavy atom. The van der Waals surface area contributed by atoms with Gasteiger partial charge in [-0.1, -0.05) is 12.2 Å². The number of rotatable bonds is 1. The van der Waals surface area contributed by atoms with E-state index in [-0.39, 0.29) is 10.6 Å². The second-order valence-corrected chi connectivity index (χ2v) is 2.40. The van der Waals surface area contributed by atoms with E-state index in [1.807, 2.05) is 12.2 Å². The van der Waals surface area contributed by atoms with Gasteiger partial charge in [-0.05, 0) is 17.2 Å². The molecule has 0 fully saturated rings. The molecular formula is C8H5NO2. The summed E-state index contributed by atoms with van der Waals surface area (Å²) >= 11 is 0. The van der Waals surface area contributed by atoms with Crippen LogP contribution in [0.2, 0.25) is 0 Å². The van der Waals surface area contributed by atoms with Crippen LogP contribution in [0, 0.1) is 10.1 Å². The molecule has 0 radical (unpaired) electrons. The van der Waals surface area contributed by atoms with Crippen molar-refractivity contribution in [2.45, 2.75) is 0 Å². The van der Waals surface area contributed by atoms with Crippen LogP contribution in [-0.2, 0) is 0 Å². The monoisotopic (exact) mass is 147 g/mol. The van der Waals surface area contributed by atoms with Crippen molar-refractivity contribution in [3.63, 3.8) is 0 Å². The minimum absolute atomic E-state index is 0.160. The fraction of sp³-hybridized carbons (Fsp3) is 0. The fourth-order valence-corrected chi connectivity index (χ4v) is 1.06. The van der Waals surface area contributed by atoms with E-state index in [1.165, 1.54) is 6.07 Å². The Bertz CT molecular complexity index is 355. The molecular weight excluding hydrogens is 142 g/mol. The molecule has 54 valence electrons. The van der Waals surface area contributed by atoms with Crippen LogP contribution in [0.3, 0.4) is 0 Å². The molecule has 0 aromatic heterocycles. The third-order valence-corrected chi connectivity index (χ3v) is 1.72. The van der Waals surface area contributed by atoms with E-state index in [2.05, 4.69) is 0 Å². The first kappa shape index (κ1) is 6.09. The Kier molecular flexibility index (Phi) is 1.06. The van der Waals surface area contributed by atoms with Crippen LogP contribution >= 0.6 is 0 Å². The van der Waals surface area contributed by atoms with Crippen molar-refractivity contribution in [2.24, 2.45) is 0 Å². The summed E-state index contributed by atoms with van der Waals surface area (Å²) in [6, 6.07) is 4.85. The van der Waals surface area contributed by atoms with Crippen molar-refractivity contribution in [2.75, 3.05) is 0 Å². The van der Waals surface area contributed by atoms with E-state index < -0.39 is 0 Å². The highest BCUT2D eigenvalue weighted by molar-refractivity contribution is 5.86. The van der Waals surface area contributed by atoms with Gasteiger partial charge in [0.1, 0.15) is 0 Å². The zero-order valence-electron chi connectivity index (χ0n) is 5.65. The van der Waals surface area contributed by atoms with E-state index in [0.717, 1.165) is 11.1 Å². The number of benzene rings is 1. The molecule has 0 N–H and O–H groups in total. The molecule has 0 amide bonds. The van der Waals surface area contributed by atoms with Crippen LogP contribution in [0.25, 0.3) is 12.2 Å². The van der Waals surface area contributed by atoms with Crippen molar-refractivity contribution >= 4 is 17.8 Å². The topological polar surface area (TPSA) is 43.1 Å². The molecule has 0 aliphatic heterocycles. The molecule has 2 rings (SSSR count). The van der Waals surface area contributed by atoms with Crippen LogP contribution < -0.4 is 0 Å². The van der Waals surface area contributed by atoms with Gasteiger partial charge in [0, 0.05) is 12.1 Å². The molecule has 3 heteroatoms. The van der Waals surface area contributed by atoms with Crippen molar-refractivity contribution in [1.82, 2.24) is 0 Å². The highest BCUT2D eigenvalue weighted by Gasteiger charge is 2.11. The predicted molar refractivity (Wildman–Crippen MR) is 42.0 cm³/mol. The molecule has 0 spiro atoms. The first-order valence-electron chi connectivity index (χ1n) is 3.24. The average molecular weight is 147 g/mol. The molecule has 0 atom stereocenters. The van der Waals surface area contributed by atoms with Gasteiger partial charge < -0.3 is 0 Å². The molecule has 3 nitrogen and oxygen atoms in total. The average Bonchev–Trinajstić information content (AvgIpc) is 1.91. The molecule has 0 saturated carbocycles. The van der Waals surface area contributed by atoms with E-state index in [4.69, 9.17) is 0 Å². The Labute approximate surface area is 63.1 Å². The molecule has 1 aromatic carbocycles. The third kappa shape index (κ3) is 0.816. The normalized spacial score (nSPS) is 12.0. The van der Waals surface area contributed by atoms with E-state index in [1.54, 1.807) is 12.1 Å². The maximum atomic E-state index is 10.3. The second kappa shape index (κ2) is 1.92. The Morgan fingerprint density at radius 2 is 1.91 bits per heavy atom. The summed E-state index contributed by atoms with van der Waals surface area (Å²) < 4.78 is 0. The molecule has 1 aliphatic carbocycles. The molecule has 11 heavy (non-hydrogen) atoms. The standard InChI is InChI=1S/C8H5NO2/c10-9(11)8-4-3-6-1-2-7(6)5-8/h1-5H. The lowest BCUT2D eigenvalue weighted by molar-refractivity contribution is -0.384. The zero-order valence-corrected chi connectivity index (χ0v) is 5.65. The van der Waals surface area contributed by atoms with E-state index in [9.17, 15) is 10.1 Å². The summed E-state index contributed by atoms with van der Waals surface area (Å²) in [5.41, 5.74) is 2.20. The maximum Gasteiger partial charge on any atom is 0.270 e. The molecule has 0 saturated heterocycles. The van der Waals surface area contributed by atoms with Crippen molar-refractivity contribution in [3.8, 4) is 0 Å². The number of fused-ring (bicyclic) bond motifs is 1. The number of non-ortho nitro benzene ring substituents is 1.